The summed E-state index contributed by atoms with van der Waals surface area (Å²) in [6.07, 6.45) is 3.29. The highest BCUT2D eigenvalue weighted by molar-refractivity contribution is 5.78. The van der Waals surface area contributed by atoms with Crippen molar-refractivity contribution < 1.29 is 18.0 Å². The van der Waals surface area contributed by atoms with Crippen molar-refractivity contribution in [3.05, 3.63) is 29.7 Å². The van der Waals surface area contributed by atoms with Gasteiger partial charge >= 0.3 is 0 Å². The predicted octanol–water partition coefficient (Wildman–Crippen LogP) is 3.24. The molecule has 156 valence electrons. The average Bonchev–Trinajstić information content (AvgIpc) is 3.33. The highest BCUT2D eigenvalue weighted by Gasteiger charge is 2.35. The van der Waals surface area contributed by atoms with Crippen LogP contribution in [-0.4, -0.2) is 49.1 Å². The molecule has 7 nitrogen and oxygen atoms in total. The molecule has 0 spiro atoms. The Morgan fingerprint density at radius 2 is 2.00 bits per heavy atom. The fraction of sp³-hybridized carbons (Fsp3) is 0.579. The molecule has 1 saturated heterocycles. The van der Waals surface area contributed by atoms with Gasteiger partial charge in [-0.15, -0.1) is 0 Å². The lowest BCUT2D eigenvalue weighted by Gasteiger charge is -2.29. The van der Waals surface area contributed by atoms with Crippen LogP contribution in [0.5, 0.6) is 0 Å². The van der Waals surface area contributed by atoms with Crippen molar-refractivity contribution in [3.63, 3.8) is 0 Å². The second-order valence-corrected chi connectivity index (χ2v) is 7.62. The molecule has 0 bridgehead atoms. The van der Waals surface area contributed by atoms with Gasteiger partial charge in [0.2, 0.25) is 11.8 Å². The Kier molecular flexibility index (Phi) is 5.42. The van der Waals surface area contributed by atoms with Gasteiger partial charge in [0.15, 0.2) is 0 Å². The Morgan fingerprint density at radius 1 is 1.21 bits per heavy atom. The summed E-state index contributed by atoms with van der Waals surface area (Å²) < 4.78 is 41.1. The van der Waals surface area contributed by atoms with Crippen molar-refractivity contribution in [2.45, 2.75) is 63.7 Å². The van der Waals surface area contributed by atoms with Crippen molar-refractivity contribution in [2.24, 2.45) is 0 Å². The van der Waals surface area contributed by atoms with E-state index < -0.39 is 12.6 Å². The number of hydrogen-bond acceptors (Lipinski definition) is 5. The summed E-state index contributed by atoms with van der Waals surface area (Å²) in [6.45, 7) is 0.311. The van der Waals surface area contributed by atoms with E-state index in [1.165, 1.54) is 10.7 Å². The molecule has 3 heterocycles. The van der Waals surface area contributed by atoms with Gasteiger partial charge in [0.05, 0.1) is 17.9 Å². The minimum atomic E-state index is -2.60. The molecular weight excluding hydrogens is 385 g/mol. The first-order valence-electron chi connectivity index (χ1n) is 9.83. The zero-order chi connectivity index (χ0) is 20.4. The molecule has 0 aromatic carbocycles. The Morgan fingerprint density at radius 3 is 2.66 bits per heavy atom. The van der Waals surface area contributed by atoms with Gasteiger partial charge in [0, 0.05) is 44.1 Å². The fourth-order valence-corrected chi connectivity index (χ4v) is 3.75. The quantitative estimate of drug-likeness (QED) is 0.794. The number of anilines is 1. The Bertz CT molecular complexity index is 877. The first-order valence-corrected chi connectivity index (χ1v) is 9.83. The van der Waals surface area contributed by atoms with Crippen molar-refractivity contribution >= 4 is 11.7 Å². The number of halogens is 3. The molecule has 2 aliphatic rings. The van der Waals surface area contributed by atoms with Gasteiger partial charge < -0.3 is 10.2 Å². The van der Waals surface area contributed by atoms with Crippen molar-refractivity contribution in [1.29, 1.82) is 0 Å². The molecule has 1 N–H and O–H groups in total. The van der Waals surface area contributed by atoms with Gasteiger partial charge in [-0.2, -0.15) is 10.1 Å². The molecule has 1 aliphatic carbocycles. The molecular formula is C19H23F3N6O. The first-order chi connectivity index (χ1) is 13.9. The second kappa shape index (κ2) is 8.00. The van der Waals surface area contributed by atoms with Crippen LogP contribution in [0.2, 0.25) is 0 Å². The Hall–Kier alpha value is -2.65. The van der Waals surface area contributed by atoms with Gasteiger partial charge in [0.1, 0.15) is 12.5 Å². The lowest BCUT2D eigenvalue weighted by atomic mass is 9.92. The molecule has 1 saturated carbocycles. The van der Waals surface area contributed by atoms with Gasteiger partial charge in [-0.3, -0.25) is 4.79 Å². The number of amides is 1. The molecule has 4 rings (SSSR count). The van der Waals surface area contributed by atoms with Crippen molar-refractivity contribution in [2.75, 3.05) is 11.9 Å². The molecule has 2 aromatic heterocycles. The van der Waals surface area contributed by atoms with E-state index in [1.54, 1.807) is 17.2 Å². The molecule has 10 heteroatoms. The van der Waals surface area contributed by atoms with Crippen LogP contribution in [0.4, 0.5) is 19.0 Å². The van der Waals surface area contributed by atoms with Gasteiger partial charge in [-0.05, 0) is 25.3 Å². The SMILES string of the molecule is O=C1CCCN1Cc1cc(NC2CCC(F)(F)CC2)nc(-n2ccc(CF)n2)n1. The highest BCUT2D eigenvalue weighted by atomic mass is 19.3. The molecule has 2 fully saturated rings. The average molecular weight is 408 g/mol. The third-order valence-corrected chi connectivity index (χ3v) is 5.35. The van der Waals surface area contributed by atoms with E-state index >= 15 is 0 Å². The maximum Gasteiger partial charge on any atom is 0.252 e. The number of likely N-dealkylation sites (tertiary alicyclic amines) is 1. The highest BCUT2D eigenvalue weighted by Crippen LogP contribution is 2.34. The number of carbonyl (C=O) groups is 1. The molecule has 2 aromatic rings. The van der Waals surface area contributed by atoms with Crippen LogP contribution in [0.25, 0.3) is 5.95 Å². The minimum absolute atomic E-state index is 0.0768. The van der Waals surface area contributed by atoms with Crippen LogP contribution < -0.4 is 5.32 Å². The third-order valence-electron chi connectivity index (χ3n) is 5.35. The van der Waals surface area contributed by atoms with Crippen LogP contribution >= 0.6 is 0 Å². The van der Waals surface area contributed by atoms with Gasteiger partial charge in [-0.1, -0.05) is 0 Å². The number of aromatic nitrogens is 4. The number of nitrogens with zero attached hydrogens (tertiary/aromatic N) is 5. The van der Waals surface area contributed by atoms with E-state index in [0.717, 1.165) is 6.42 Å². The molecule has 0 unspecified atom stereocenters. The van der Waals surface area contributed by atoms with Gasteiger partial charge in [-0.25, -0.2) is 22.8 Å². The van der Waals surface area contributed by atoms with Crippen LogP contribution in [0.3, 0.4) is 0 Å². The Balaban J connectivity index is 1.58. The normalized spacial score (nSPS) is 19.7. The van der Waals surface area contributed by atoms with E-state index in [0.29, 0.717) is 43.9 Å². The number of nitrogens with one attached hydrogen (secondary N) is 1. The lowest BCUT2D eigenvalue weighted by molar-refractivity contribution is -0.128. The number of carbonyl (C=O) groups excluding carboxylic acids is 1. The Labute approximate surface area is 166 Å². The topological polar surface area (TPSA) is 75.9 Å². The van der Waals surface area contributed by atoms with Crippen molar-refractivity contribution in [1.82, 2.24) is 24.6 Å². The summed E-state index contributed by atoms with van der Waals surface area (Å²) in [5.74, 6) is -1.79. The number of alkyl halides is 3. The predicted molar refractivity (Wildman–Crippen MR) is 99.4 cm³/mol. The van der Waals surface area contributed by atoms with Crippen LogP contribution in [0.1, 0.15) is 49.9 Å². The monoisotopic (exact) mass is 408 g/mol. The van der Waals surface area contributed by atoms with Crippen LogP contribution in [0.15, 0.2) is 18.3 Å². The van der Waals surface area contributed by atoms with E-state index in [4.69, 9.17) is 0 Å². The standard InChI is InChI=1S/C19H23F3N6O/c20-11-14-5-9-28(26-14)18-24-15(12-27-8-1-2-17(27)29)10-16(25-18)23-13-3-6-19(21,22)7-4-13/h5,9-10,13H,1-4,6-8,11-12H2,(H,23,24,25). The molecule has 0 radical (unpaired) electrons. The summed E-state index contributed by atoms with van der Waals surface area (Å²) in [7, 11) is 0. The van der Waals surface area contributed by atoms with Crippen LogP contribution in [-0.2, 0) is 18.0 Å². The zero-order valence-corrected chi connectivity index (χ0v) is 16.0. The number of rotatable bonds is 6. The molecule has 1 aliphatic heterocycles. The summed E-state index contributed by atoms with van der Waals surface area (Å²) in [5, 5.41) is 7.33. The number of hydrogen-bond donors (Lipinski definition) is 1. The summed E-state index contributed by atoms with van der Waals surface area (Å²) in [4.78, 5) is 22.6. The van der Waals surface area contributed by atoms with Gasteiger partial charge in [0.25, 0.3) is 5.95 Å². The molecule has 1 amide bonds. The minimum Gasteiger partial charge on any atom is -0.367 e. The third kappa shape index (κ3) is 4.68. The largest absolute Gasteiger partial charge is 0.367 e. The van der Waals surface area contributed by atoms with Crippen LogP contribution in [0, 0.1) is 0 Å². The zero-order valence-electron chi connectivity index (χ0n) is 16.0. The smallest absolute Gasteiger partial charge is 0.252 e. The summed E-state index contributed by atoms with van der Waals surface area (Å²) in [5.41, 5.74) is 0.879. The fourth-order valence-electron chi connectivity index (χ4n) is 3.75. The molecule has 0 atom stereocenters. The van der Waals surface area contributed by atoms with E-state index in [-0.39, 0.29) is 36.4 Å². The first kappa shape index (κ1) is 19.7. The lowest BCUT2D eigenvalue weighted by Crippen LogP contribution is -2.32. The van der Waals surface area contributed by atoms with E-state index in [2.05, 4.69) is 20.4 Å². The van der Waals surface area contributed by atoms with Crippen molar-refractivity contribution in [3.8, 4) is 5.95 Å². The van der Waals surface area contributed by atoms with E-state index in [9.17, 15) is 18.0 Å². The summed E-state index contributed by atoms with van der Waals surface area (Å²) in [6, 6.07) is 3.16. The second-order valence-electron chi connectivity index (χ2n) is 7.62. The molecule has 29 heavy (non-hydrogen) atoms. The van der Waals surface area contributed by atoms with E-state index in [1.807, 2.05) is 0 Å². The summed E-state index contributed by atoms with van der Waals surface area (Å²) >= 11 is 0. The maximum absolute atomic E-state index is 13.4. The maximum atomic E-state index is 13.4.